The number of anilines is 1. The molecule has 1 spiro atoms. The van der Waals surface area contributed by atoms with E-state index in [1.165, 1.54) is 4.90 Å². The molecule has 0 radical (unpaired) electrons. The van der Waals surface area contributed by atoms with E-state index in [9.17, 15) is 19.5 Å². The number of ether oxygens (including phenoxy) is 1. The number of aliphatic hydroxyl groups is 1. The van der Waals surface area contributed by atoms with Crippen LogP contribution in [0.5, 0.6) is 0 Å². The molecule has 9 heteroatoms. The fourth-order valence-corrected chi connectivity index (χ4v) is 7.67. The molecule has 3 heterocycles. The summed E-state index contributed by atoms with van der Waals surface area (Å²) in [5.41, 5.74) is -0.541. The monoisotopic (exact) mass is 585 g/mol. The summed E-state index contributed by atoms with van der Waals surface area (Å²) in [6.45, 7) is 6.24. The standard InChI is InChI=1S/C29H36BrN3O5/c1-4-11-31-26(35)22-23-28(37)33(20(15-34)12-16(2)3)25(29(23)14-21(30)24(22)38-29)27(36)32-19-10-9-17-7-5-6-8-18(17)13-19/h5-10,13,16,20-25,34H,4,11-12,14-15H2,1-3H3,(H,31,35)(H,32,36)/t20-,21?,22-,23+,24-,25?,29?/m1/s1. The van der Waals surface area contributed by atoms with Gasteiger partial charge in [-0.1, -0.05) is 67.0 Å². The van der Waals surface area contributed by atoms with E-state index >= 15 is 0 Å². The van der Waals surface area contributed by atoms with E-state index < -0.39 is 35.6 Å². The number of rotatable bonds is 9. The van der Waals surface area contributed by atoms with Gasteiger partial charge in [-0.3, -0.25) is 14.4 Å². The molecule has 0 aromatic heterocycles. The highest BCUT2D eigenvalue weighted by Crippen LogP contribution is 2.60. The number of fused-ring (bicyclic) bond motifs is 2. The van der Waals surface area contributed by atoms with Gasteiger partial charge >= 0.3 is 0 Å². The number of likely N-dealkylation sites (tertiary alicyclic amines) is 1. The smallest absolute Gasteiger partial charge is 0.250 e. The molecule has 3 fully saturated rings. The van der Waals surface area contributed by atoms with Crippen LogP contribution in [0.2, 0.25) is 0 Å². The highest BCUT2D eigenvalue weighted by atomic mass is 79.9. The van der Waals surface area contributed by atoms with E-state index in [1.807, 2.05) is 63.2 Å². The van der Waals surface area contributed by atoms with Crippen molar-refractivity contribution < 1.29 is 24.2 Å². The van der Waals surface area contributed by atoms with Crippen molar-refractivity contribution in [2.24, 2.45) is 17.8 Å². The van der Waals surface area contributed by atoms with Gasteiger partial charge in [-0.05, 0) is 48.1 Å². The Labute approximate surface area is 231 Å². The van der Waals surface area contributed by atoms with Crippen molar-refractivity contribution in [2.45, 2.75) is 68.6 Å². The summed E-state index contributed by atoms with van der Waals surface area (Å²) < 4.78 is 6.54. The lowest BCUT2D eigenvalue weighted by Crippen LogP contribution is -2.57. The summed E-state index contributed by atoms with van der Waals surface area (Å²) in [6, 6.07) is 12.0. The number of benzene rings is 2. The largest absolute Gasteiger partial charge is 0.394 e. The molecule has 0 aliphatic carbocycles. The Balaban J connectivity index is 1.54. The SMILES string of the molecule is CCCNC(=O)[C@H]1[C@@H]2OC3(CC2Br)C(C(=O)Nc2ccc4ccccc4c2)N([C@@H](CO)CC(C)C)C(=O)[C@H]13. The first-order valence-electron chi connectivity index (χ1n) is 13.5. The van der Waals surface area contributed by atoms with Gasteiger partial charge < -0.3 is 25.4 Å². The lowest BCUT2D eigenvalue weighted by Gasteiger charge is -2.37. The third-order valence-electron chi connectivity index (χ3n) is 8.19. The van der Waals surface area contributed by atoms with E-state index in [0.717, 1.165) is 17.2 Å². The van der Waals surface area contributed by atoms with E-state index in [4.69, 9.17) is 4.74 Å². The molecule has 2 aromatic carbocycles. The van der Waals surface area contributed by atoms with Gasteiger partial charge in [0.1, 0.15) is 11.6 Å². The Morgan fingerprint density at radius 1 is 1.18 bits per heavy atom. The van der Waals surface area contributed by atoms with Crippen molar-refractivity contribution >= 4 is 50.1 Å². The topological polar surface area (TPSA) is 108 Å². The number of nitrogens with zero attached hydrogens (tertiary/aromatic N) is 1. The second kappa shape index (κ2) is 10.6. The van der Waals surface area contributed by atoms with Gasteiger partial charge in [0.05, 0.1) is 30.6 Å². The molecule has 2 bridgehead atoms. The Morgan fingerprint density at radius 3 is 2.61 bits per heavy atom. The zero-order valence-corrected chi connectivity index (χ0v) is 23.6. The summed E-state index contributed by atoms with van der Waals surface area (Å²) in [7, 11) is 0. The van der Waals surface area contributed by atoms with Crippen molar-refractivity contribution in [1.82, 2.24) is 10.2 Å². The van der Waals surface area contributed by atoms with Gasteiger partial charge in [0.2, 0.25) is 17.7 Å². The van der Waals surface area contributed by atoms with Gasteiger partial charge in [0.15, 0.2) is 0 Å². The molecule has 3 unspecified atom stereocenters. The Morgan fingerprint density at radius 2 is 1.92 bits per heavy atom. The third kappa shape index (κ3) is 4.42. The zero-order valence-electron chi connectivity index (χ0n) is 22.0. The fourth-order valence-electron chi connectivity index (χ4n) is 6.72. The summed E-state index contributed by atoms with van der Waals surface area (Å²) in [4.78, 5) is 42.9. The number of alkyl halides is 1. The molecule has 204 valence electrons. The van der Waals surface area contributed by atoms with Crippen LogP contribution in [0.1, 0.15) is 40.0 Å². The average molecular weight is 587 g/mol. The predicted octanol–water partition coefficient (Wildman–Crippen LogP) is 3.46. The van der Waals surface area contributed by atoms with Crippen LogP contribution in [0.15, 0.2) is 42.5 Å². The number of halogens is 1. The number of amides is 3. The maximum absolute atomic E-state index is 14.2. The number of nitrogens with one attached hydrogen (secondary N) is 2. The molecule has 7 atom stereocenters. The van der Waals surface area contributed by atoms with Crippen LogP contribution in [0.3, 0.4) is 0 Å². The van der Waals surface area contributed by atoms with Crippen LogP contribution in [-0.4, -0.2) is 69.5 Å². The summed E-state index contributed by atoms with van der Waals surface area (Å²) >= 11 is 3.69. The van der Waals surface area contributed by atoms with E-state index in [1.54, 1.807) is 0 Å². The normalized spacial score (nSPS) is 30.6. The van der Waals surface area contributed by atoms with Crippen molar-refractivity contribution in [2.75, 3.05) is 18.5 Å². The number of carbonyl (C=O) groups excluding carboxylic acids is 3. The Hall–Kier alpha value is -2.49. The molecule has 8 nitrogen and oxygen atoms in total. The number of aliphatic hydroxyl groups excluding tert-OH is 1. The summed E-state index contributed by atoms with van der Waals surface area (Å²) in [6.07, 6.45) is 1.22. The van der Waals surface area contributed by atoms with Gasteiger partial charge in [-0.2, -0.15) is 0 Å². The molecule has 3 N–H and O–H groups in total. The number of hydrogen-bond donors (Lipinski definition) is 3. The summed E-state index contributed by atoms with van der Waals surface area (Å²) in [5.74, 6) is -2.18. The number of carbonyl (C=O) groups is 3. The quantitative estimate of drug-likeness (QED) is 0.391. The second-order valence-corrected chi connectivity index (χ2v) is 12.4. The maximum Gasteiger partial charge on any atom is 0.250 e. The van der Waals surface area contributed by atoms with Crippen LogP contribution in [0.4, 0.5) is 5.69 Å². The summed E-state index contributed by atoms with van der Waals surface area (Å²) in [5, 5.41) is 18.4. The third-order valence-corrected chi connectivity index (χ3v) is 9.04. The van der Waals surface area contributed by atoms with Crippen LogP contribution in [0, 0.1) is 17.8 Å². The van der Waals surface area contributed by atoms with Gasteiger partial charge in [0, 0.05) is 17.1 Å². The van der Waals surface area contributed by atoms with Crippen molar-refractivity contribution in [3.63, 3.8) is 0 Å². The fraction of sp³-hybridized carbons (Fsp3) is 0.552. The van der Waals surface area contributed by atoms with E-state index in [0.29, 0.717) is 25.1 Å². The molecule has 3 aliphatic rings. The first-order chi connectivity index (χ1) is 18.2. The average Bonchev–Trinajstić information content (AvgIpc) is 3.49. The molecule has 3 amide bonds. The minimum atomic E-state index is -1.16. The molecular weight excluding hydrogens is 550 g/mol. The highest BCUT2D eigenvalue weighted by Gasteiger charge is 2.77. The highest BCUT2D eigenvalue weighted by molar-refractivity contribution is 9.09. The van der Waals surface area contributed by atoms with Gasteiger partial charge in [-0.25, -0.2) is 0 Å². The van der Waals surface area contributed by atoms with E-state index in [-0.39, 0.29) is 35.1 Å². The van der Waals surface area contributed by atoms with Crippen LogP contribution < -0.4 is 10.6 Å². The molecular formula is C29H36BrN3O5. The van der Waals surface area contributed by atoms with Crippen LogP contribution in [0.25, 0.3) is 10.8 Å². The molecule has 3 saturated heterocycles. The molecule has 0 saturated carbocycles. The first-order valence-corrected chi connectivity index (χ1v) is 14.5. The minimum absolute atomic E-state index is 0.169. The maximum atomic E-state index is 14.2. The molecule has 2 aromatic rings. The lowest BCUT2D eigenvalue weighted by molar-refractivity contribution is -0.144. The zero-order chi connectivity index (χ0) is 27.2. The second-order valence-electron chi connectivity index (χ2n) is 11.2. The predicted molar refractivity (Wildman–Crippen MR) is 149 cm³/mol. The molecule has 5 rings (SSSR count). The van der Waals surface area contributed by atoms with Gasteiger partial charge in [0.25, 0.3) is 0 Å². The van der Waals surface area contributed by atoms with Gasteiger partial charge in [-0.15, -0.1) is 0 Å². The Kier molecular flexibility index (Phi) is 7.55. The minimum Gasteiger partial charge on any atom is -0.394 e. The van der Waals surface area contributed by atoms with E-state index in [2.05, 4.69) is 26.6 Å². The van der Waals surface area contributed by atoms with Crippen LogP contribution in [-0.2, 0) is 19.1 Å². The Bertz CT molecular complexity index is 1240. The first kappa shape index (κ1) is 27.1. The van der Waals surface area contributed by atoms with Crippen LogP contribution >= 0.6 is 15.9 Å². The lowest BCUT2D eigenvalue weighted by atomic mass is 9.70. The van der Waals surface area contributed by atoms with Crippen molar-refractivity contribution in [3.8, 4) is 0 Å². The molecule has 38 heavy (non-hydrogen) atoms. The van der Waals surface area contributed by atoms with Crippen molar-refractivity contribution in [1.29, 1.82) is 0 Å². The van der Waals surface area contributed by atoms with Crippen molar-refractivity contribution in [3.05, 3.63) is 42.5 Å². The number of hydrogen-bond acceptors (Lipinski definition) is 5. The molecule has 3 aliphatic heterocycles.